The molecule has 0 aliphatic carbocycles. The highest BCUT2D eigenvalue weighted by Crippen LogP contribution is 2.41. The van der Waals surface area contributed by atoms with Gasteiger partial charge in [0.25, 0.3) is 0 Å². The Kier molecular flexibility index (Phi) is 2.63. The van der Waals surface area contributed by atoms with Crippen LogP contribution in [-0.2, 0) is 6.54 Å². The van der Waals surface area contributed by atoms with Crippen LogP contribution in [-0.4, -0.2) is 14.7 Å². The molecule has 3 nitrogen and oxygen atoms in total. The molecule has 0 spiro atoms. The maximum Gasteiger partial charge on any atom is 0.145 e. The van der Waals surface area contributed by atoms with Gasteiger partial charge < -0.3 is 9.67 Å². The summed E-state index contributed by atoms with van der Waals surface area (Å²) < 4.78 is 2.23. The van der Waals surface area contributed by atoms with Crippen molar-refractivity contribution in [2.45, 2.75) is 13.5 Å². The number of hydrogen-bond acceptors (Lipinski definition) is 2. The highest BCUT2D eigenvalue weighted by molar-refractivity contribution is 5.97. The lowest BCUT2D eigenvalue weighted by Gasteiger charge is -2.22. The van der Waals surface area contributed by atoms with E-state index in [-0.39, 0.29) is 5.75 Å². The van der Waals surface area contributed by atoms with E-state index >= 15 is 0 Å². The second-order valence-corrected chi connectivity index (χ2v) is 6.31. The molecule has 0 unspecified atom stereocenters. The van der Waals surface area contributed by atoms with Crippen molar-refractivity contribution in [3.63, 3.8) is 0 Å². The van der Waals surface area contributed by atoms with Crippen molar-refractivity contribution in [3.05, 3.63) is 71.8 Å². The molecule has 24 heavy (non-hydrogen) atoms. The van der Waals surface area contributed by atoms with Crippen LogP contribution < -0.4 is 0 Å². The lowest BCUT2D eigenvalue weighted by molar-refractivity contribution is 0.476. The number of phenols is 1. The summed E-state index contributed by atoms with van der Waals surface area (Å²) in [6.07, 6.45) is 0. The van der Waals surface area contributed by atoms with Crippen molar-refractivity contribution in [2.75, 3.05) is 0 Å². The Morgan fingerprint density at radius 3 is 2.50 bits per heavy atom. The Bertz CT molecular complexity index is 1110. The van der Waals surface area contributed by atoms with Crippen LogP contribution in [0, 0.1) is 6.92 Å². The molecule has 1 aliphatic heterocycles. The molecule has 1 N–H and O–H groups in total. The molecule has 0 atom stereocenters. The fraction of sp³-hybridized carbons (Fsp3) is 0.0952. The molecule has 0 saturated heterocycles. The normalized spacial score (nSPS) is 12.4. The third-order valence-electron chi connectivity index (χ3n) is 4.93. The highest BCUT2D eigenvalue weighted by Gasteiger charge is 2.24. The molecule has 116 valence electrons. The average molecular weight is 312 g/mol. The van der Waals surface area contributed by atoms with Crippen molar-refractivity contribution >= 4 is 11.0 Å². The van der Waals surface area contributed by atoms with E-state index in [2.05, 4.69) is 41.8 Å². The van der Waals surface area contributed by atoms with Crippen LogP contribution in [0.4, 0.5) is 0 Å². The minimum absolute atomic E-state index is 0.265. The highest BCUT2D eigenvalue weighted by atomic mass is 16.3. The fourth-order valence-electron chi connectivity index (χ4n) is 3.75. The lowest BCUT2D eigenvalue weighted by Crippen LogP contribution is -2.10. The van der Waals surface area contributed by atoms with Gasteiger partial charge in [-0.05, 0) is 41.8 Å². The van der Waals surface area contributed by atoms with Gasteiger partial charge in [-0.25, -0.2) is 4.98 Å². The number of benzene rings is 3. The second kappa shape index (κ2) is 4.71. The summed E-state index contributed by atoms with van der Waals surface area (Å²) in [6, 6.07) is 20.1. The topological polar surface area (TPSA) is 38.0 Å². The molecule has 1 aromatic heterocycles. The number of nitrogens with zero attached hydrogens (tertiary/aromatic N) is 2. The number of hydrogen-bond donors (Lipinski definition) is 1. The van der Waals surface area contributed by atoms with Crippen molar-refractivity contribution < 1.29 is 5.11 Å². The third kappa shape index (κ3) is 1.69. The van der Waals surface area contributed by atoms with Crippen LogP contribution in [0.15, 0.2) is 60.7 Å². The Balaban J connectivity index is 1.89. The molecule has 0 radical (unpaired) electrons. The summed E-state index contributed by atoms with van der Waals surface area (Å²) in [5.74, 6) is 1.09. The molecular formula is C21H16N2O. The quantitative estimate of drug-likeness (QED) is 0.485. The summed E-state index contributed by atoms with van der Waals surface area (Å²) in [4.78, 5) is 4.83. The van der Waals surface area contributed by atoms with Gasteiger partial charge in [-0.15, -0.1) is 0 Å². The predicted octanol–water partition coefficient (Wildman–Crippen LogP) is 4.75. The smallest absolute Gasteiger partial charge is 0.145 e. The van der Waals surface area contributed by atoms with Crippen LogP contribution in [0.1, 0.15) is 11.1 Å². The molecule has 0 fully saturated rings. The third-order valence-corrected chi connectivity index (χ3v) is 4.93. The second-order valence-electron chi connectivity index (χ2n) is 6.31. The maximum atomic E-state index is 10.3. The number of imidazole rings is 1. The van der Waals surface area contributed by atoms with E-state index in [0.717, 1.165) is 29.0 Å². The first-order chi connectivity index (χ1) is 11.7. The van der Waals surface area contributed by atoms with E-state index in [1.54, 1.807) is 6.07 Å². The first kappa shape index (κ1) is 13.4. The number of aryl methyl sites for hydroxylation is 1. The molecule has 4 aromatic rings. The Morgan fingerprint density at radius 1 is 0.875 bits per heavy atom. The summed E-state index contributed by atoms with van der Waals surface area (Å²) in [5.41, 5.74) is 8.01. The zero-order chi connectivity index (χ0) is 16.3. The predicted molar refractivity (Wildman–Crippen MR) is 96.1 cm³/mol. The molecule has 0 saturated carbocycles. The van der Waals surface area contributed by atoms with Crippen LogP contribution in [0.2, 0.25) is 0 Å². The summed E-state index contributed by atoms with van der Waals surface area (Å²) >= 11 is 0. The SMILES string of the molecule is Cc1cccc2c1Cn1c(-c3ccccc3O)nc3cccc-2c31. The van der Waals surface area contributed by atoms with E-state index in [1.165, 1.54) is 22.3 Å². The number of para-hydroxylation sites is 2. The van der Waals surface area contributed by atoms with Gasteiger partial charge in [-0.1, -0.05) is 42.5 Å². The first-order valence-corrected chi connectivity index (χ1v) is 8.10. The van der Waals surface area contributed by atoms with E-state index in [4.69, 9.17) is 4.98 Å². The zero-order valence-corrected chi connectivity index (χ0v) is 13.3. The van der Waals surface area contributed by atoms with Crippen molar-refractivity contribution in [3.8, 4) is 28.3 Å². The standard InChI is InChI=1S/C21H16N2O/c1-13-6-4-8-14-15-9-5-10-18-20(15)23(12-17(13)14)21(22-18)16-7-2-3-11-19(16)24/h2-11,24H,12H2,1H3. The molecule has 2 heterocycles. The van der Waals surface area contributed by atoms with Gasteiger partial charge in [0, 0.05) is 5.56 Å². The van der Waals surface area contributed by atoms with Gasteiger partial charge in [0.05, 0.1) is 23.1 Å². The minimum Gasteiger partial charge on any atom is -0.507 e. The maximum absolute atomic E-state index is 10.3. The van der Waals surface area contributed by atoms with Crippen LogP contribution in [0.3, 0.4) is 0 Å². The molecular weight excluding hydrogens is 296 g/mol. The van der Waals surface area contributed by atoms with E-state index < -0.39 is 0 Å². The van der Waals surface area contributed by atoms with Gasteiger partial charge in [-0.2, -0.15) is 0 Å². The fourth-order valence-corrected chi connectivity index (χ4v) is 3.75. The largest absolute Gasteiger partial charge is 0.507 e. The molecule has 0 bridgehead atoms. The molecule has 3 aromatic carbocycles. The molecule has 1 aliphatic rings. The molecule has 0 amide bonds. The molecule has 5 rings (SSSR count). The van der Waals surface area contributed by atoms with Gasteiger partial charge in [0.1, 0.15) is 11.6 Å². The van der Waals surface area contributed by atoms with Gasteiger partial charge in [-0.3, -0.25) is 0 Å². The zero-order valence-electron chi connectivity index (χ0n) is 13.3. The number of aromatic nitrogens is 2. The first-order valence-electron chi connectivity index (χ1n) is 8.10. The van der Waals surface area contributed by atoms with Gasteiger partial charge in [0.15, 0.2) is 0 Å². The summed E-state index contributed by atoms with van der Waals surface area (Å²) in [5, 5.41) is 10.3. The number of phenolic OH excluding ortho intramolecular Hbond substituents is 1. The Hall–Kier alpha value is -3.07. The van der Waals surface area contributed by atoms with Crippen molar-refractivity contribution in [2.24, 2.45) is 0 Å². The Morgan fingerprint density at radius 2 is 1.62 bits per heavy atom. The average Bonchev–Trinajstić information content (AvgIpc) is 2.96. The Labute approximate surface area is 139 Å². The number of rotatable bonds is 1. The van der Waals surface area contributed by atoms with Crippen molar-refractivity contribution in [1.82, 2.24) is 9.55 Å². The summed E-state index contributed by atoms with van der Waals surface area (Å²) in [6.45, 7) is 2.93. The van der Waals surface area contributed by atoms with Gasteiger partial charge in [0.2, 0.25) is 0 Å². The minimum atomic E-state index is 0.265. The number of aromatic hydroxyl groups is 1. The summed E-state index contributed by atoms with van der Waals surface area (Å²) in [7, 11) is 0. The number of fused-ring (bicyclic) bond motifs is 2. The van der Waals surface area contributed by atoms with E-state index in [1.807, 2.05) is 24.3 Å². The van der Waals surface area contributed by atoms with E-state index in [9.17, 15) is 5.11 Å². The van der Waals surface area contributed by atoms with Crippen LogP contribution in [0.5, 0.6) is 5.75 Å². The monoisotopic (exact) mass is 312 g/mol. The van der Waals surface area contributed by atoms with Crippen LogP contribution >= 0.6 is 0 Å². The molecule has 3 heteroatoms. The lowest BCUT2D eigenvalue weighted by atomic mass is 9.92. The van der Waals surface area contributed by atoms with Crippen molar-refractivity contribution in [1.29, 1.82) is 0 Å². The van der Waals surface area contributed by atoms with Crippen LogP contribution in [0.25, 0.3) is 33.5 Å². The van der Waals surface area contributed by atoms with E-state index in [0.29, 0.717) is 0 Å². The van der Waals surface area contributed by atoms with Gasteiger partial charge >= 0.3 is 0 Å².